The van der Waals surface area contributed by atoms with Crippen LogP contribution in [-0.4, -0.2) is 15.8 Å². The molecule has 1 rings (SSSR count). The molecule has 0 bridgehead atoms. The molecule has 0 aliphatic rings. The molecule has 1 unspecified atom stereocenters. The van der Waals surface area contributed by atoms with Gasteiger partial charge >= 0.3 is 0 Å². The smallest absolute Gasteiger partial charge is 0.0694 e. The van der Waals surface area contributed by atoms with Gasteiger partial charge in [0.15, 0.2) is 0 Å². The van der Waals surface area contributed by atoms with Crippen molar-refractivity contribution in [1.29, 1.82) is 0 Å². The van der Waals surface area contributed by atoms with Crippen molar-refractivity contribution in [1.82, 2.24) is 15.1 Å². The molecular weight excluding hydrogens is 198 g/mol. The highest BCUT2D eigenvalue weighted by atomic mass is 15.3. The van der Waals surface area contributed by atoms with E-state index in [0.29, 0.717) is 12.0 Å². The van der Waals surface area contributed by atoms with Crippen molar-refractivity contribution in [3.05, 3.63) is 30.1 Å². The largest absolute Gasteiger partial charge is 0.310 e. The van der Waals surface area contributed by atoms with Crippen molar-refractivity contribution < 1.29 is 0 Å². The lowest BCUT2D eigenvalue weighted by atomic mass is 10.1. The lowest BCUT2D eigenvalue weighted by Gasteiger charge is -2.12. The van der Waals surface area contributed by atoms with Crippen molar-refractivity contribution in [3.63, 3.8) is 0 Å². The van der Waals surface area contributed by atoms with E-state index < -0.39 is 0 Å². The highest BCUT2D eigenvalue weighted by Crippen LogP contribution is 2.17. The molecule has 1 N–H and O–H groups in total. The third-order valence-corrected chi connectivity index (χ3v) is 2.65. The third kappa shape index (κ3) is 3.49. The van der Waals surface area contributed by atoms with Crippen LogP contribution in [-0.2, 0) is 13.6 Å². The summed E-state index contributed by atoms with van der Waals surface area (Å²) in [6.45, 7) is 11.2. The first-order valence-corrected chi connectivity index (χ1v) is 5.91. The fourth-order valence-corrected chi connectivity index (χ4v) is 1.79. The average molecular weight is 221 g/mol. The van der Waals surface area contributed by atoms with Gasteiger partial charge in [-0.1, -0.05) is 19.9 Å². The molecule has 0 saturated carbocycles. The molecule has 1 heterocycles. The van der Waals surface area contributed by atoms with E-state index in [4.69, 9.17) is 0 Å². The fourth-order valence-electron chi connectivity index (χ4n) is 1.79. The molecule has 3 heteroatoms. The van der Waals surface area contributed by atoms with Crippen LogP contribution in [0.1, 0.15) is 44.4 Å². The quantitative estimate of drug-likeness (QED) is 0.748. The molecule has 0 spiro atoms. The van der Waals surface area contributed by atoms with E-state index in [9.17, 15) is 0 Å². The number of rotatable bonds is 6. The average Bonchev–Trinajstić information content (AvgIpc) is 2.57. The number of aryl methyl sites for hydroxylation is 1. The summed E-state index contributed by atoms with van der Waals surface area (Å²) in [4.78, 5) is 0. The van der Waals surface area contributed by atoms with Gasteiger partial charge in [0.05, 0.1) is 5.69 Å². The van der Waals surface area contributed by atoms with Crippen LogP contribution < -0.4 is 5.32 Å². The first kappa shape index (κ1) is 13.0. The zero-order valence-electron chi connectivity index (χ0n) is 10.8. The Morgan fingerprint density at radius 3 is 2.75 bits per heavy atom. The number of hydrogen-bond acceptors (Lipinski definition) is 2. The van der Waals surface area contributed by atoms with Crippen LogP contribution in [0.5, 0.6) is 0 Å². The lowest BCUT2D eigenvalue weighted by Crippen LogP contribution is -2.25. The maximum atomic E-state index is 4.49. The third-order valence-electron chi connectivity index (χ3n) is 2.65. The zero-order chi connectivity index (χ0) is 12.1. The van der Waals surface area contributed by atoms with Crippen LogP contribution >= 0.6 is 0 Å². The van der Waals surface area contributed by atoms with Gasteiger partial charge in [0.25, 0.3) is 0 Å². The molecule has 1 aromatic heterocycles. The van der Waals surface area contributed by atoms with E-state index >= 15 is 0 Å². The van der Waals surface area contributed by atoms with E-state index in [1.54, 1.807) is 0 Å². The van der Waals surface area contributed by atoms with Crippen LogP contribution in [0, 0.1) is 0 Å². The summed E-state index contributed by atoms with van der Waals surface area (Å²) in [5, 5.41) is 7.97. The topological polar surface area (TPSA) is 29.9 Å². The second-order valence-corrected chi connectivity index (χ2v) is 4.67. The Kier molecular flexibility index (Phi) is 4.74. The summed E-state index contributed by atoms with van der Waals surface area (Å²) in [6.07, 6.45) is 5.05. The van der Waals surface area contributed by atoms with Crippen LogP contribution in [0.2, 0.25) is 0 Å². The summed E-state index contributed by atoms with van der Waals surface area (Å²) < 4.78 is 1.89. The van der Waals surface area contributed by atoms with Crippen molar-refractivity contribution in [2.75, 3.05) is 0 Å². The Hall–Kier alpha value is -1.09. The van der Waals surface area contributed by atoms with Crippen LogP contribution in [0.4, 0.5) is 0 Å². The molecule has 0 radical (unpaired) electrons. The molecular formula is C13H23N3. The Morgan fingerprint density at radius 1 is 1.50 bits per heavy atom. The molecule has 16 heavy (non-hydrogen) atoms. The monoisotopic (exact) mass is 221 g/mol. The first-order valence-electron chi connectivity index (χ1n) is 5.91. The minimum Gasteiger partial charge on any atom is -0.310 e. The predicted molar refractivity (Wildman–Crippen MR) is 68.4 cm³/mol. The molecule has 0 aliphatic carbocycles. The molecule has 0 saturated heterocycles. The summed E-state index contributed by atoms with van der Waals surface area (Å²) in [5.74, 6) is 0.479. The Balaban J connectivity index is 2.62. The van der Waals surface area contributed by atoms with Gasteiger partial charge in [-0.15, -0.1) is 6.58 Å². The maximum absolute atomic E-state index is 4.49. The summed E-state index contributed by atoms with van der Waals surface area (Å²) in [7, 11) is 1.97. The van der Waals surface area contributed by atoms with E-state index in [1.807, 2.05) is 17.8 Å². The molecule has 1 atom stereocenters. The van der Waals surface area contributed by atoms with E-state index in [0.717, 1.165) is 13.0 Å². The Labute approximate surface area is 98.5 Å². The van der Waals surface area contributed by atoms with Gasteiger partial charge in [0.2, 0.25) is 0 Å². The van der Waals surface area contributed by atoms with Crippen LogP contribution in [0.3, 0.4) is 0 Å². The standard InChI is InChI=1S/C13H23N3/c1-6-7-11(4)14-8-12-9-16(5)15-13(12)10(2)3/h6,9-11,14H,1,7-8H2,2-5H3. The highest BCUT2D eigenvalue weighted by Gasteiger charge is 2.11. The van der Waals surface area contributed by atoms with Gasteiger partial charge in [0.1, 0.15) is 0 Å². The van der Waals surface area contributed by atoms with Crippen molar-refractivity contribution >= 4 is 0 Å². The van der Waals surface area contributed by atoms with E-state index in [-0.39, 0.29) is 0 Å². The van der Waals surface area contributed by atoms with Gasteiger partial charge in [-0.25, -0.2) is 0 Å². The second-order valence-electron chi connectivity index (χ2n) is 4.67. The van der Waals surface area contributed by atoms with Crippen LogP contribution in [0.15, 0.2) is 18.9 Å². The maximum Gasteiger partial charge on any atom is 0.0694 e. The Bertz CT molecular complexity index is 339. The van der Waals surface area contributed by atoms with Crippen molar-refractivity contribution in [3.8, 4) is 0 Å². The van der Waals surface area contributed by atoms with Gasteiger partial charge in [-0.2, -0.15) is 5.10 Å². The number of aromatic nitrogens is 2. The zero-order valence-corrected chi connectivity index (χ0v) is 10.8. The molecule has 1 aromatic rings. The molecule has 0 fully saturated rings. The second kappa shape index (κ2) is 5.85. The minimum atomic E-state index is 0.470. The summed E-state index contributed by atoms with van der Waals surface area (Å²) >= 11 is 0. The summed E-state index contributed by atoms with van der Waals surface area (Å²) in [5.41, 5.74) is 2.49. The summed E-state index contributed by atoms with van der Waals surface area (Å²) in [6, 6.07) is 0.470. The number of hydrogen-bond donors (Lipinski definition) is 1. The van der Waals surface area contributed by atoms with Gasteiger partial charge in [-0.3, -0.25) is 4.68 Å². The fraction of sp³-hybridized carbons (Fsp3) is 0.615. The minimum absolute atomic E-state index is 0.470. The van der Waals surface area contributed by atoms with E-state index in [2.05, 4.69) is 44.0 Å². The Morgan fingerprint density at radius 2 is 2.19 bits per heavy atom. The molecule has 90 valence electrons. The first-order chi connectivity index (χ1) is 7.54. The molecule has 3 nitrogen and oxygen atoms in total. The van der Waals surface area contributed by atoms with Gasteiger partial charge in [0, 0.05) is 31.4 Å². The molecule has 0 aliphatic heterocycles. The van der Waals surface area contributed by atoms with Crippen molar-refractivity contribution in [2.24, 2.45) is 7.05 Å². The lowest BCUT2D eigenvalue weighted by molar-refractivity contribution is 0.550. The van der Waals surface area contributed by atoms with Crippen LogP contribution in [0.25, 0.3) is 0 Å². The highest BCUT2D eigenvalue weighted by molar-refractivity contribution is 5.20. The molecule has 0 aromatic carbocycles. The van der Waals surface area contributed by atoms with E-state index in [1.165, 1.54) is 11.3 Å². The SMILES string of the molecule is C=CCC(C)NCc1cn(C)nc1C(C)C. The predicted octanol–water partition coefficient (Wildman–Crippen LogP) is 2.60. The number of nitrogens with one attached hydrogen (secondary N) is 1. The van der Waals surface area contributed by atoms with Gasteiger partial charge < -0.3 is 5.32 Å². The number of nitrogens with zero attached hydrogens (tertiary/aromatic N) is 2. The van der Waals surface area contributed by atoms with Crippen molar-refractivity contribution in [2.45, 2.75) is 45.7 Å². The van der Waals surface area contributed by atoms with Gasteiger partial charge in [-0.05, 0) is 19.3 Å². The normalized spacial score (nSPS) is 13.1. The molecule has 0 amide bonds.